The molecule has 0 aliphatic carbocycles. The van der Waals surface area contributed by atoms with Crippen molar-refractivity contribution < 1.29 is 36.2 Å². The molecule has 10 heteroatoms. The van der Waals surface area contributed by atoms with Crippen molar-refractivity contribution in [3.05, 3.63) is 47.0 Å². The van der Waals surface area contributed by atoms with Gasteiger partial charge in [0.25, 0.3) is 0 Å². The van der Waals surface area contributed by atoms with Gasteiger partial charge in [-0.3, -0.25) is 0 Å². The lowest BCUT2D eigenvalue weighted by Crippen LogP contribution is -2.29. The lowest BCUT2D eigenvalue weighted by molar-refractivity contribution is -0.307. The van der Waals surface area contributed by atoms with Crippen molar-refractivity contribution in [1.82, 2.24) is 0 Å². The number of carbonyl (C=O) groups is 1. The quantitative estimate of drug-likeness (QED) is 0.760. The second kappa shape index (κ2) is 7.16. The summed E-state index contributed by atoms with van der Waals surface area (Å²) in [5, 5.41) is 10.7. The van der Waals surface area contributed by atoms with E-state index in [9.17, 15) is 31.5 Å². The molecule has 0 heterocycles. The van der Waals surface area contributed by atoms with Crippen molar-refractivity contribution >= 4 is 27.4 Å². The number of carboxylic acid groups (broad SMARTS) is 1. The van der Waals surface area contributed by atoms with Crippen molar-refractivity contribution in [3.8, 4) is 16.9 Å². The third-order valence-corrected chi connectivity index (χ3v) is 4.67. The van der Waals surface area contributed by atoms with Gasteiger partial charge in [0.1, 0.15) is 12.4 Å². The molecule has 0 amide bonds. The minimum absolute atomic E-state index is 0.0411. The van der Waals surface area contributed by atoms with E-state index in [-0.39, 0.29) is 21.9 Å². The van der Waals surface area contributed by atoms with Gasteiger partial charge in [0.15, 0.2) is 9.84 Å². The summed E-state index contributed by atoms with van der Waals surface area (Å²) in [6.07, 6.45) is -4.25. The predicted molar refractivity (Wildman–Crippen MR) is 85.5 cm³/mol. The van der Waals surface area contributed by atoms with Crippen molar-refractivity contribution in [2.24, 2.45) is 0 Å². The third kappa shape index (κ3) is 4.67. The summed E-state index contributed by atoms with van der Waals surface area (Å²) < 4.78 is 68.2. The number of alkyl halides is 3. The Hall–Kier alpha value is -2.26. The Bertz CT molecular complexity index is 955. The predicted octanol–water partition coefficient (Wildman–Crippen LogP) is 2.56. The molecule has 26 heavy (non-hydrogen) atoms. The first kappa shape index (κ1) is 20.1. The van der Waals surface area contributed by atoms with Crippen molar-refractivity contribution in [3.63, 3.8) is 0 Å². The number of rotatable bonds is 5. The van der Waals surface area contributed by atoms with Gasteiger partial charge in [0.2, 0.25) is 0 Å². The molecule has 140 valence electrons. The number of carbonyl (C=O) groups excluding carboxylic acids is 1. The van der Waals surface area contributed by atoms with E-state index in [0.717, 1.165) is 12.1 Å². The molecule has 0 aromatic heterocycles. The summed E-state index contributed by atoms with van der Waals surface area (Å²) in [5.74, 6) is -1.56. The van der Waals surface area contributed by atoms with Gasteiger partial charge in [-0.2, -0.15) is 13.2 Å². The Morgan fingerprint density at radius 2 is 1.85 bits per heavy atom. The molecule has 0 N–H and O–H groups in total. The normalized spacial score (nSPS) is 12.0. The third-order valence-electron chi connectivity index (χ3n) is 3.28. The number of hydrogen-bond acceptors (Lipinski definition) is 5. The van der Waals surface area contributed by atoms with Crippen LogP contribution < -0.4 is 9.84 Å². The molecule has 2 rings (SSSR count). The summed E-state index contributed by atoms with van der Waals surface area (Å²) in [6, 6.07) is 6.57. The number of carboxylic acids is 1. The Morgan fingerprint density at radius 1 is 1.19 bits per heavy atom. The zero-order chi connectivity index (χ0) is 19.7. The van der Waals surface area contributed by atoms with Crippen LogP contribution in [0.25, 0.3) is 11.1 Å². The van der Waals surface area contributed by atoms with Gasteiger partial charge in [-0.1, -0.05) is 17.7 Å². The molecule has 0 saturated carbocycles. The molecule has 0 unspecified atom stereocenters. The maximum absolute atomic E-state index is 13.3. The fraction of sp³-hybridized carbons (Fsp3) is 0.188. The lowest BCUT2D eigenvalue weighted by atomic mass is 10.0. The van der Waals surface area contributed by atoms with Gasteiger partial charge in [-0.25, -0.2) is 8.42 Å². The molecule has 0 radical (unpaired) electrons. The molecule has 2 aromatic carbocycles. The Balaban J connectivity index is 2.66. The summed E-state index contributed by atoms with van der Waals surface area (Å²) in [4.78, 5) is 9.68. The highest BCUT2D eigenvalue weighted by Crippen LogP contribution is 2.39. The van der Waals surface area contributed by atoms with Gasteiger partial charge < -0.3 is 14.6 Å². The Labute approximate surface area is 151 Å². The molecule has 0 aliphatic heterocycles. The summed E-state index contributed by atoms with van der Waals surface area (Å²) in [7, 11) is -4.12. The van der Waals surface area contributed by atoms with E-state index in [2.05, 4.69) is 0 Å². The molecule has 0 spiro atoms. The minimum Gasteiger partial charge on any atom is -0.546 e. The minimum atomic E-state index is -4.92. The smallest absolute Gasteiger partial charge is 0.417 e. The number of sulfone groups is 1. The van der Waals surface area contributed by atoms with Crippen molar-refractivity contribution in [1.29, 1.82) is 0 Å². The first-order chi connectivity index (χ1) is 11.9. The van der Waals surface area contributed by atoms with E-state index in [1.165, 1.54) is 18.2 Å². The first-order valence-corrected chi connectivity index (χ1v) is 9.20. The van der Waals surface area contributed by atoms with Crippen LogP contribution in [0.4, 0.5) is 13.2 Å². The van der Waals surface area contributed by atoms with Gasteiger partial charge in [-0.05, 0) is 35.9 Å². The standard InChI is InChI=1S/C16H12ClF3O5S/c1-26(23,24)14-5-2-9(6-12(14)16(18,19)20)11-7-10(17)3-4-13(11)25-8-15(21)22/h2-7H,8H2,1H3,(H,21,22)/p-1. The second-order valence-corrected chi connectivity index (χ2v) is 7.70. The maximum atomic E-state index is 13.3. The molecular formula is C16H11ClF3O5S-. The molecule has 0 bridgehead atoms. The number of benzene rings is 2. The lowest BCUT2D eigenvalue weighted by Gasteiger charge is -2.16. The SMILES string of the molecule is CS(=O)(=O)c1ccc(-c2cc(Cl)ccc2OCC(=O)[O-])cc1C(F)(F)F. The molecule has 0 fully saturated rings. The van der Waals surface area contributed by atoms with Crippen LogP contribution in [-0.2, 0) is 20.8 Å². The summed E-state index contributed by atoms with van der Waals surface area (Å²) in [5.41, 5.74) is -1.31. The first-order valence-electron chi connectivity index (χ1n) is 6.93. The van der Waals surface area contributed by atoms with Crippen LogP contribution in [0.1, 0.15) is 5.56 Å². The van der Waals surface area contributed by atoms with Crippen LogP contribution in [0.3, 0.4) is 0 Å². The van der Waals surface area contributed by atoms with Crippen LogP contribution in [0.15, 0.2) is 41.3 Å². The van der Waals surface area contributed by atoms with Crippen molar-refractivity contribution in [2.45, 2.75) is 11.1 Å². The average Bonchev–Trinajstić information content (AvgIpc) is 2.51. The molecule has 0 atom stereocenters. The second-order valence-electron chi connectivity index (χ2n) is 5.28. The van der Waals surface area contributed by atoms with Crippen LogP contribution in [0.2, 0.25) is 5.02 Å². The fourth-order valence-corrected chi connectivity index (χ4v) is 3.29. The fourth-order valence-electron chi connectivity index (χ4n) is 2.23. The maximum Gasteiger partial charge on any atom is 0.417 e. The van der Waals surface area contributed by atoms with E-state index in [1.54, 1.807) is 0 Å². The van der Waals surface area contributed by atoms with Gasteiger partial charge in [-0.15, -0.1) is 0 Å². The van der Waals surface area contributed by atoms with Gasteiger partial charge in [0.05, 0.1) is 16.4 Å². The highest BCUT2D eigenvalue weighted by molar-refractivity contribution is 7.90. The Morgan fingerprint density at radius 3 is 2.38 bits per heavy atom. The van der Waals surface area contributed by atoms with E-state index >= 15 is 0 Å². The van der Waals surface area contributed by atoms with E-state index in [0.29, 0.717) is 12.3 Å². The number of aliphatic carboxylic acids is 1. The van der Waals surface area contributed by atoms with Crippen LogP contribution in [0.5, 0.6) is 5.75 Å². The number of ether oxygens (including phenoxy) is 1. The number of halogens is 4. The van der Waals surface area contributed by atoms with Gasteiger partial charge in [0, 0.05) is 16.8 Å². The monoisotopic (exact) mass is 407 g/mol. The zero-order valence-corrected chi connectivity index (χ0v) is 14.7. The molecule has 2 aromatic rings. The topological polar surface area (TPSA) is 83.5 Å². The van der Waals surface area contributed by atoms with E-state index < -0.39 is 39.0 Å². The Kier molecular flexibility index (Phi) is 5.52. The average molecular weight is 408 g/mol. The summed E-state index contributed by atoms with van der Waals surface area (Å²) >= 11 is 5.86. The highest BCUT2D eigenvalue weighted by atomic mass is 35.5. The van der Waals surface area contributed by atoms with E-state index in [1.807, 2.05) is 0 Å². The van der Waals surface area contributed by atoms with Crippen molar-refractivity contribution in [2.75, 3.05) is 12.9 Å². The summed E-state index contributed by atoms with van der Waals surface area (Å²) in [6.45, 7) is -0.817. The zero-order valence-electron chi connectivity index (χ0n) is 13.1. The van der Waals surface area contributed by atoms with Gasteiger partial charge >= 0.3 is 6.18 Å². The largest absolute Gasteiger partial charge is 0.546 e. The molecule has 0 aliphatic rings. The molecule has 0 saturated heterocycles. The van der Waals surface area contributed by atoms with Crippen LogP contribution in [0, 0.1) is 0 Å². The van der Waals surface area contributed by atoms with Crippen LogP contribution >= 0.6 is 11.6 Å². The van der Waals surface area contributed by atoms with Crippen LogP contribution in [-0.4, -0.2) is 27.2 Å². The number of hydrogen-bond donors (Lipinski definition) is 0. The highest BCUT2D eigenvalue weighted by Gasteiger charge is 2.36. The van der Waals surface area contributed by atoms with E-state index in [4.69, 9.17) is 16.3 Å². The molecular weight excluding hydrogens is 397 g/mol. The molecule has 5 nitrogen and oxygen atoms in total.